The summed E-state index contributed by atoms with van der Waals surface area (Å²) in [4.78, 5) is 16.5. The van der Waals surface area contributed by atoms with Crippen LogP contribution >= 0.6 is 11.3 Å². The van der Waals surface area contributed by atoms with Crippen molar-refractivity contribution in [1.29, 1.82) is 0 Å². The molecule has 6 aromatic carbocycles. The zero-order chi connectivity index (χ0) is 33.9. The van der Waals surface area contributed by atoms with E-state index in [0.717, 1.165) is 31.4 Å². The molecule has 1 spiro atoms. The first-order valence-corrected chi connectivity index (χ1v) is 18.0. The summed E-state index contributed by atoms with van der Waals surface area (Å²) in [6.45, 7) is 13.8. The molecule has 0 amide bonds. The third-order valence-corrected chi connectivity index (χ3v) is 11.9. The first kappa shape index (κ1) is 30.1. The molecule has 2 heterocycles. The third-order valence-electron chi connectivity index (χ3n) is 10.8. The zero-order valence-electron chi connectivity index (χ0n) is 28.9. The van der Waals surface area contributed by atoms with Crippen LogP contribution in [0.25, 0.3) is 31.3 Å². The van der Waals surface area contributed by atoms with Crippen LogP contribution in [0.5, 0.6) is 0 Å². The van der Waals surface area contributed by atoms with Crippen LogP contribution in [0.3, 0.4) is 0 Å². The maximum absolute atomic E-state index is 14.0. The van der Waals surface area contributed by atoms with E-state index < -0.39 is 5.41 Å². The zero-order valence-corrected chi connectivity index (χ0v) is 29.7. The lowest BCUT2D eigenvalue weighted by Crippen LogP contribution is -2.37. The number of fused-ring (bicyclic) bond motifs is 11. The molecule has 0 saturated carbocycles. The molecule has 3 heteroatoms. The molecule has 7 aromatic rings. The van der Waals surface area contributed by atoms with Crippen LogP contribution in [0, 0.1) is 0 Å². The van der Waals surface area contributed by atoms with Gasteiger partial charge >= 0.3 is 0 Å². The van der Waals surface area contributed by atoms with Crippen molar-refractivity contribution in [2.24, 2.45) is 0 Å². The lowest BCUT2D eigenvalue weighted by Gasteiger charge is -2.46. The third kappa shape index (κ3) is 4.21. The van der Waals surface area contributed by atoms with E-state index in [-0.39, 0.29) is 16.3 Å². The van der Waals surface area contributed by atoms with Gasteiger partial charge in [0, 0.05) is 25.9 Å². The standard InChI is InChI=1S/C46H39NOS/c1-44(2,3)28-20-22-36-39(24-28)47(30-14-8-7-9-15-30)40-25-29(45(4,5)6)21-23-37(40)46(36)35-18-12-10-16-31(35)33-26-34-42(27-38(33)46)49-41-19-13-11-17-32(41)43(34)48/h7-27H,1-6H3. The van der Waals surface area contributed by atoms with Crippen LogP contribution in [0.2, 0.25) is 0 Å². The Morgan fingerprint density at radius 3 is 1.76 bits per heavy atom. The van der Waals surface area contributed by atoms with Gasteiger partial charge in [0.05, 0.1) is 16.8 Å². The van der Waals surface area contributed by atoms with Crippen molar-refractivity contribution in [1.82, 2.24) is 0 Å². The Morgan fingerprint density at radius 1 is 0.510 bits per heavy atom. The number of rotatable bonds is 1. The lowest BCUT2D eigenvalue weighted by molar-refractivity contribution is 0.587. The largest absolute Gasteiger partial charge is 0.310 e. The second-order valence-electron chi connectivity index (χ2n) is 15.8. The predicted octanol–water partition coefficient (Wildman–Crippen LogP) is 12.2. The average molecular weight is 654 g/mol. The SMILES string of the molecule is CC(C)(C)c1ccc2c(c1)N(c1ccccc1)c1cc(C(C)(C)C)ccc1C21c2ccccc2-c2cc3c(=O)c4ccccc4sc3cc21. The Hall–Kier alpha value is -4.99. The molecular formula is C46H39NOS. The molecule has 0 atom stereocenters. The molecule has 1 aliphatic carbocycles. The van der Waals surface area contributed by atoms with Crippen LogP contribution < -0.4 is 10.3 Å². The Labute approximate surface area is 292 Å². The van der Waals surface area contributed by atoms with E-state index >= 15 is 0 Å². The van der Waals surface area contributed by atoms with Gasteiger partial charge in [-0.2, -0.15) is 0 Å². The van der Waals surface area contributed by atoms with Crippen LogP contribution in [0.4, 0.5) is 17.1 Å². The summed E-state index contributed by atoms with van der Waals surface area (Å²) in [5.41, 5.74) is 13.0. The summed E-state index contributed by atoms with van der Waals surface area (Å²) >= 11 is 1.72. The minimum absolute atomic E-state index is 0.0347. The summed E-state index contributed by atoms with van der Waals surface area (Å²) in [6, 6.07) is 46.6. The van der Waals surface area contributed by atoms with Gasteiger partial charge in [0.25, 0.3) is 0 Å². The molecule has 9 rings (SSSR count). The van der Waals surface area contributed by atoms with E-state index in [1.165, 1.54) is 50.3 Å². The second-order valence-corrected chi connectivity index (χ2v) is 16.8. The van der Waals surface area contributed by atoms with Gasteiger partial charge in [-0.25, -0.2) is 0 Å². The Bertz CT molecular complexity index is 2480. The number of hydrogen-bond donors (Lipinski definition) is 0. The van der Waals surface area contributed by atoms with Gasteiger partial charge < -0.3 is 4.90 Å². The van der Waals surface area contributed by atoms with E-state index in [2.05, 4.69) is 156 Å². The monoisotopic (exact) mass is 653 g/mol. The van der Waals surface area contributed by atoms with Crippen LogP contribution in [-0.4, -0.2) is 0 Å². The van der Waals surface area contributed by atoms with E-state index in [0.29, 0.717) is 0 Å². The van der Waals surface area contributed by atoms with E-state index in [1.807, 2.05) is 18.2 Å². The highest BCUT2D eigenvalue weighted by Crippen LogP contribution is 2.64. The number of hydrogen-bond acceptors (Lipinski definition) is 3. The molecule has 1 aromatic heterocycles. The van der Waals surface area contributed by atoms with Gasteiger partial charge in [-0.15, -0.1) is 11.3 Å². The molecule has 0 fully saturated rings. The predicted molar refractivity (Wildman–Crippen MR) is 209 cm³/mol. The van der Waals surface area contributed by atoms with Crippen LogP contribution in [0.15, 0.2) is 132 Å². The fourth-order valence-electron chi connectivity index (χ4n) is 8.28. The van der Waals surface area contributed by atoms with Crippen molar-refractivity contribution in [2.45, 2.75) is 57.8 Å². The maximum Gasteiger partial charge on any atom is 0.195 e. The van der Waals surface area contributed by atoms with Crippen molar-refractivity contribution in [3.63, 3.8) is 0 Å². The van der Waals surface area contributed by atoms with E-state index in [4.69, 9.17) is 0 Å². The van der Waals surface area contributed by atoms with Crippen molar-refractivity contribution in [3.05, 3.63) is 171 Å². The summed E-state index contributed by atoms with van der Waals surface area (Å²) in [6.07, 6.45) is 0. The van der Waals surface area contributed by atoms with Gasteiger partial charge in [0.1, 0.15) is 0 Å². The van der Waals surface area contributed by atoms with E-state index in [1.54, 1.807) is 11.3 Å². The maximum atomic E-state index is 14.0. The van der Waals surface area contributed by atoms with Gasteiger partial charge in [-0.1, -0.05) is 120 Å². The number of nitrogens with zero attached hydrogens (tertiary/aromatic N) is 1. The van der Waals surface area contributed by atoms with Gasteiger partial charge in [-0.05, 0) is 104 Å². The number of para-hydroxylation sites is 1. The molecule has 0 unspecified atom stereocenters. The quantitative estimate of drug-likeness (QED) is 0.164. The molecule has 49 heavy (non-hydrogen) atoms. The van der Waals surface area contributed by atoms with Crippen molar-refractivity contribution >= 4 is 48.6 Å². The smallest absolute Gasteiger partial charge is 0.195 e. The van der Waals surface area contributed by atoms with Crippen LogP contribution in [0.1, 0.15) is 74.9 Å². The first-order valence-electron chi connectivity index (χ1n) is 17.2. The number of benzene rings is 6. The fourth-order valence-corrected chi connectivity index (χ4v) is 9.38. The number of anilines is 3. The van der Waals surface area contributed by atoms with E-state index in [9.17, 15) is 4.79 Å². The van der Waals surface area contributed by atoms with Crippen molar-refractivity contribution in [2.75, 3.05) is 4.90 Å². The molecule has 0 radical (unpaired) electrons. The lowest BCUT2D eigenvalue weighted by atomic mass is 9.63. The molecule has 2 nitrogen and oxygen atoms in total. The summed E-state index contributed by atoms with van der Waals surface area (Å²) in [5.74, 6) is 0. The van der Waals surface area contributed by atoms with Gasteiger partial charge in [0.2, 0.25) is 0 Å². The molecule has 0 N–H and O–H groups in total. The Morgan fingerprint density at radius 2 is 1.10 bits per heavy atom. The summed E-state index contributed by atoms with van der Waals surface area (Å²) in [5, 5.41) is 1.58. The van der Waals surface area contributed by atoms with Gasteiger partial charge in [0.15, 0.2) is 5.43 Å². The fraction of sp³-hybridized carbons (Fsp3) is 0.196. The second kappa shape index (κ2) is 10.3. The minimum atomic E-state index is -0.579. The Kier molecular flexibility index (Phi) is 6.30. The average Bonchev–Trinajstić information content (AvgIpc) is 3.37. The Balaban J connectivity index is 1.48. The molecule has 2 aliphatic rings. The summed E-state index contributed by atoms with van der Waals surface area (Å²) in [7, 11) is 0. The highest BCUT2D eigenvalue weighted by Gasteiger charge is 2.52. The van der Waals surface area contributed by atoms with Crippen molar-refractivity contribution < 1.29 is 0 Å². The normalized spacial score (nSPS) is 14.5. The topological polar surface area (TPSA) is 20.3 Å². The molecule has 0 saturated heterocycles. The molecule has 1 aliphatic heterocycles. The highest BCUT2D eigenvalue weighted by molar-refractivity contribution is 7.24. The van der Waals surface area contributed by atoms with Crippen molar-refractivity contribution in [3.8, 4) is 11.1 Å². The molecular weight excluding hydrogens is 615 g/mol. The summed E-state index contributed by atoms with van der Waals surface area (Å²) < 4.78 is 2.05. The highest BCUT2D eigenvalue weighted by atomic mass is 32.1. The van der Waals surface area contributed by atoms with Crippen LogP contribution in [-0.2, 0) is 16.2 Å². The van der Waals surface area contributed by atoms with Gasteiger partial charge in [-0.3, -0.25) is 4.79 Å². The first-order chi connectivity index (χ1) is 23.5. The molecule has 0 bridgehead atoms. The minimum Gasteiger partial charge on any atom is -0.310 e. The molecule has 240 valence electrons.